The summed E-state index contributed by atoms with van der Waals surface area (Å²) in [5.41, 5.74) is -0.113. The zero-order valence-electron chi connectivity index (χ0n) is 10.6. The number of hydrogen-bond donors (Lipinski definition) is 2. The number of benzene rings is 1. The first-order valence-corrected chi connectivity index (χ1v) is 6.34. The zero-order valence-corrected chi connectivity index (χ0v) is 10.6. The molecule has 0 bridgehead atoms. The second kappa shape index (κ2) is 6.58. The minimum absolute atomic E-state index is 0.113. The molecule has 19 heavy (non-hydrogen) atoms. The Morgan fingerprint density at radius 2 is 2.16 bits per heavy atom. The number of carbonyl (C=O) groups is 1. The lowest BCUT2D eigenvalue weighted by molar-refractivity contribution is -0.117. The van der Waals surface area contributed by atoms with Gasteiger partial charge in [0.05, 0.1) is 12.2 Å². The van der Waals surface area contributed by atoms with Crippen LogP contribution in [-0.4, -0.2) is 43.5 Å². The molecule has 104 valence electrons. The second-order valence-corrected chi connectivity index (χ2v) is 4.53. The molecule has 0 radical (unpaired) electrons. The normalized spacial score (nSPS) is 16.9. The van der Waals surface area contributed by atoms with Gasteiger partial charge in [0.1, 0.15) is 0 Å². The maximum absolute atomic E-state index is 13.4. The quantitative estimate of drug-likeness (QED) is 0.866. The highest BCUT2D eigenvalue weighted by Gasteiger charge is 2.15. The van der Waals surface area contributed by atoms with Crippen molar-refractivity contribution < 1.29 is 13.6 Å². The van der Waals surface area contributed by atoms with Gasteiger partial charge in [-0.05, 0) is 31.6 Å². The van der Waals surface area contributed by atoms with Crippen molar-refractivity contribution in [3.63, 3.8) is 0 Å². The van der Waals surface area contributed by atoms with Crippen molar-refractivity contribution in [2.45, 2.75) is 6.42 Å². The highest BCUT2D eigenvalue weighted by atomic mass is 19.2. The fourth-order valence-corrected chi connectivity index (χ4v) is 2.05. The fraction of sp³-hybridized carbons (Fsp3) is 0.462. The Bertz CT molecular complexity index is 446. The van der Waals surface area contributed by atoms with Crippen LogP contribution in [0, 0.1) is 11.6 Å². The highest BCUT2D eigenvalue weighted by molar-refractivity contribution is 5.92. The molecule has 1 aliphatic heterocycles. The van der Waals surface area contributed by atoms with Gasteiger partial charge in [0, 0.05) is 13.1 Å². The molecule has 0 saturated carbocycles. The van der Waals surface area contributed by atoms with E-state index in [4.69, 9.17) is 0 Å². The Morgan fingerprint density at radius 1 is 1.32 bits per heavy atom. The Kier molecular flexibility index (Phi) is 4.81. The Labute approximate surface area is 110 Å². The molecule has 1 fully saturated rings. The second-order valence-electron chi connectivity index (χ2n) is 4.53. The third-order valence-electron chi connectivity index (χ3n) is 3.03. The lowest BCUT2D eigenvalue weighted by Crippen LogP contribution is -2.35. The number of anilines is 1. The molecule has 0 spiro atoms. The van der Waals surface area contributed by atoms with Crippen molar-refractivity contribution in [2.75, 3.05) is 38.0 Å². The molecule has 1 aliphatic rings. The molecule has 2 rings (SSSR count). The van der Waals surface area contributed by atoms with E-state index >= 15 is 0 Å². The largest absolute Gasteiger partial charge is 0.322 e. The van der Waals surface area contributed by atoms with Crippen LogP contribution in [0.5, 0.6) is 0 Å². The maximum atomic E-state index is 13.4. The number of nitrogens with zero attached hydrogens (tertiary/aromatic N) is 1. The summed E-state index contributed by atoms with van der Waals surface area (Å²) in [7, 11) is 0. The number of carbonyl (C=O) groups excluding carboxylic acids is 1. The molecular weight excluding hydrogens is 252 g/mol. The van der Waals surface area contributed by atoms with Crippen LogP contribution in [0.3, 0.4) is 0 Å². The minimum Gasteiger partial charge on any atom is -0.322 e. The van der Waals surface area contributed by atoms with Crippen LogP contribution in [-0.2, 0) is 4.79 Å². The van der Waals surface area contributed by atoms with Crippen molar-refractivity contribution in [1.29, 1.82) is 0 Å². The number of amides is 1. The molecule has 1 aromatic carbocycles. The van der Waals surface area contributed by atoms with Crippen LogP contribution in [0.4, 0.5) is 14.5 Å². The molecule has 1 amide bonds. The summed E-state index contributed by atoms with van der Waals surface area (Å²) in [4.78, 5) is 13.8. The first-order chi connectivity index (χ1) is 9.16. The van der Waals surface area contributed by atoms with Crippen LogP contribution >= 0.6 is 0 Å². The van der Waals surface area contributed by atoms with Crippen LogP contribution in [0.2, 0.25) is 0 Å². The van der Waals surface area contributed by atoms with Crippen LogP contribution in [0.25, 0.3) is 0 Å². The Morgan fingerprint density at radius 3 is 3.00 bits per heavy atom. The van der Waals surface area contributed by atoms with E-state index in [0.717, 1.165) is 38.7 Å². The van der Waals surface area contributed by atoms with E-state index in [9.17, 15) is 13.6 Å². The lowest BCUT2D eigenvalue weighted by Gasteiger charge is -2.18. The summed E-state index contributed by atoms with van der Waals surface area (Å²) in [6.45, 7) is 3.57. The molecule has 1 heterocycles. The molecule has 1 saturated heterocycles. The maximum Gasteiger partial charge on any atom is 0.238 e. The summed E-state index contributed by atoms with van der Waals surface area (Å²) in [5.74, 6) is -2.31. The van der Waals surface area contributed by atoms with Crippen molar-refractivity contribution in [3.8, 4) is 0 Å². The standard InChI is InChI=1S/C13H17F2N3O/c14-10-3-1-4-11(13(10)15)17-12(19)9-18-7-2-5-16-6-8-18/h1,3-4,16H,2,5-9H2,(H,17,19). The molecule has 1 aromatic rings. The van der Waals surface area contributed by atoms with E-state index in [1.807, 2.05) is 4.90 Å². The van der Waals surface area contributed by atoms with Crippen molar-refractivity contribution in [3.05, 3.63) is 29.8 Å². The van der Waals surface area contributed by atoms with Gasteiger partial charge in [-0.1, -0.05) is 6.07 Å². The first kappa shape index (κ1) is 13.9. The number of hydrogen-bond acceptors (Lipinski definition) is 3. The monoisotopic (exact) mass is 269 g/mol. The Hall–Kier alpha value is -1.53. The molecule has 6 heteroatoms. The molecule has 2 N–H and O–H groups in total. The van der Waals surface area contributed by atoms with Gasteiger partial charge in [-0.25, -0.2) is 8.78 Å². The van der Waals surface area contributed by atoms with Gasteiger partial charge in [-0.3, -0.25) is 9.69 Å². The minimum atomic E-state index is -1.02. The first-order valence-electron chi connectivity index (χ1n) is 6.34. The number of rotatable bonds is 3. The zero-order chi connectivity index (χ0) is 13.7. The molecule has 4 nitrogen and oxygen atoms in total. The molecule has 0 atom stereocenters. The highest BCUT2D eigenvalue weighted by Crippen LogP contribution is 2.16. The van der Waals surface area contributed by atoms with E-state index < -0.39 is 11.6 Å². The van der Waals surface area contributed by atoms with E-state index in [1.165, 1.54) is 12.1 Å². The predicted molar refractivity (Wildman–Crippen MR) is 68.9 cm³/mol. The van der Waals surface area contributed by atoms with Crippen LogP contribution in [0.1, 0.15) is 6.42 Å². The molecule has 0 aromatic heterocycles. The summed E-state index contributed by atoms with van der Waals surface area (Å²) in [6, 6.07) is 3.73. The summed E-state index contributed by atoms with van der Waals surface area (Å²) < 4.78 is 26.4. The van der Waals surface area contributed by atoms with Gasteiger partial charge in [0.25, 0.3) is 0 Å². The van der Waals surface area contributed by atoms with Crippen molar-refractivity contribution in [1.82, 2.24) is 10.2 Å². The van der Waals surface area contributed by atoms with Gasteiger partial charge in [-0.2, -0.15) is 0 Å². The average molecular weight is 269 g/mol. The van der Waals surface area contributed by atoms with E-state index in [1.54, 1.807) is 0 Å². The Balaban J connectivity index is 1.91. The van der Waals surface area contributed by atoms with E-state index in [-0.39, 0.29) is 18.1 Å². The number of halogens is 2. The van der Waals surface area contributed by atoms with Crippen LogP contribution < -0.4 is 10.6 Å². The summed E-state index contributed by atoms with van der Waals surface area (Å²) in [5, 5.41) is 5.64. The summed E-state index contributed by atoms with van der Waals surface area (Å²) in [6.07, 6.45) is 0.974. The van der Waals surface area contributed by atoms with Crippen molar-refractivity contribution >= 4 is 11.6 Å². The summed E-state index contributed by atoms with van der Waals surface area (Å²) >= 11 is 0. The van der Waals surface area contributed by atoms with E-state index in [2.05, 4.69) is 10.6 Å². The topological polar surface area (TPSA) is 44.4 Å². The predicted octanol–water partition coefficient (Wildman–Crippen LogP) is 1.20. The van der Waals surface area contributed by atoms with Gasteiger partial charge < -0.3 is 10.6 Å². The van der Waals surface area contributed by atoms with Gasteiger partial charge in [-0.15, -0.1) is 0 Å². The lowest BCUT2D eigenvalue weighted by atomic mass is 10.3. The van der Waals surface area contributed by atoms with Gasteiger partial charge in [0.2, 0.25) is 5.91 Å². The smallest absolute Gasteiger partial charge is 0.238 e. The number of nitrogens with one attached hydrogen (secondary N) is 2. The third-order valence-corrected chi connectivity index (χ3v) is 3.03. The van der Waals surface area contributed by atoms with Gasteiger partial charge in [0.15, 0.2) is 11.6 Å². The molecule has 0 aliphatic carbocycles. The SMILES string of the molecule is O=C(CN1CCCNCC1)Nc1cccc(F)c1F. The van der Waals surface area contributed by atoms with E-state index in [0.29, 0.717) is 0 Å². The molecular formula is C13H17F2N3O. The average Bonchev–Trinajstić information content (AvgIpc) is 2.63. The third kappa shape index (κ3) is 3.97. The van der Waals surface area contributed by atoms with Crippen LogP contribution in [0.15, 0.2) is 18.2 Å². The molecule has 0 unspecified atom stereocenters. The van der Waals surface area contributed by atoms with Gasteiger partial charge >= 0.3 is 0 Å². The van der Waals surface area contributed by atoms with Crippen molar-refractivity contribution in [2.24, 2.45) is 0 Å². The fourth-order valence-electron chi connectivity index (χ4n) is 2.05.